The van der Waals surface area contributed by atoms with Crippen molar-refractivity contribution in [3.05, 3.63) is 71.4 Å². The van der Waals surface area contributed by atoms with Gasteiger partial charge >= 0.3 is 0 Å². The third-order valence-electron chi connectivity index (χ3n) is 3.68. The molecule has 0 spiro atoms. The van der Waals surface area contributed by atoms with Crippen LogP contribution in [0.1, 0.15) is 11.3 Å². The van der Waals surface area contributed by atoms with E-state index >= 15 is 0 Å². The lowest BCUT2D eigenvalue weighted by atomic mass is 10.2. The van der Waals surface area contributed by atoms with Gasteiger partial charge in [-0.15, -0.1) is 0 Å². The molecule has 3 aromatic rings. The van der Waals surface area contributed by atoms with Crippen molar-refractivity contribution in [2.24, 2.45) is 0 Å². The van der Waals surface area contributed by atoms with Gasteiger partial charge in [0.2, 0.25) is 5.95 Å². The largest absolute Gasteiger partial charge is 0.496 e. The average molecular weight is 356 g/mol. The summed E-state index contributed by atoms with van der Waals surface area (Å²) in [7, 11) is 1.62. The first-order chi connectivity index (χ1) is 12.5. The maximum Gasteiger partial charge on any atom is 0.229 e. The number of hydrogen-bond acceptors (Lipinski definition) is 5. The van der Waals surface area contributed by atoms with Crippen LogP contribution in [0.4, 0.5) is 26.2 Å². The number of ether oxygens (including phenoxy) is 1. The number of nitrogens with zero attached hydrogens (tertiary/aromatic N) is 2. The number of methoxy groups -OCH3 is 1. The molecule has 0 aliphatic heterocycles. The number of benzene rings is 2. The van der Waals surface area contributed by atoms with E-state index in [-0.39, 0.29) is 11.6 Å². The Morgan fingerprint density at radius 3 is 2.62 bits per heavy atom. The highest BCUT2D eigenvalue weighted by atomic mass is 19.1. The molecule has 0 amide bonds. The predicted molar refractivity (Wildman–Crippen MR) is 96.7 cm³/mol. The summed E-state index contributed by atoms with van der Waals surface area (Å²) in [6.45, 7) is 2.31. The van der Waals surface area contributed by atoms with Gasteiger partial charge < -0.3 is 15.4 Å². The molecule has 2 aromatic carbocycles. The van der Waals surface area contributed by atoms with Gasteiger partial charge in [0.1, 0.15) is 23.2 Å². The predicted octanol–water partition coefficient (Wildman–Crippen LogP) is 4.43. The maximum atomic E-state index is 13.8. The first-order valence-corrected chi connectivity index (χ1v) is 7.98. The summed E-state index contributed by atoms with van der Waals surface area (Å²) < 4.78 is 32.1. The number of halogens is 2. The molecule has 0 bridgehead atoms. The van der Waals surface area contributed by atoms with Gasteiger partial charge in [-0.05, 0) is 25.1 Å². The summed E-state index contributed by atoms with van der Waals surface area (Å²) in [5, 5.41) is 5.97. The molecule has 1 heterocycles. The molecule has 0 saturated heterocycles. The van der Waals surface area contributed by atoms with Crippen molar-refractivity contribution in [3.63, 3.8) is 0 Å². The van der Waals surface area contributed by atoms with E-state index in [4.69, 9.17) is 4.74 Å². The van der Waals surface area contributed by atoms with Crippen LogP contribution >= 0.6 is 0 Å². The lowest BCUT2D eigenvalue weighted by Crippen LogP contribution is -2.07. The number of aryl methyl sites for hydroxylation is 1. The van der Waals surface area contributed by atoms with Crippen LogP contribution in [-0.2, 0) is 6.54 Å². The average Bonchev–Trinajstić information content (AvgIpc) is 2.62. The lowest BCUT2D eigenvalue weighted by molar-refractivity contribution is 0.410. The SMILES string of the molecule is COc1ccccc1CNc1cc(C)nc(Nc2ccc(F)cc2F)n1. The van der Waals surface area contributed by atoms with Gasteiger partial charge in [0.05, 0.1) is 12.8 Å². The fourth-order valence-corrected chi connectivity index (χ4v) is 2.46. The molecule has 7 heteroatoms. The normalized spacial score (nSPS) is 10.5. The van der Waals surface area contributed by atoms with Crippen LogP contribution in [0.5, 0.6) is 5.75 Å². The summed E-state index contributed by atoms with van der Waals surface area (Å²) in [6, 6.07) is 12.7. The van der Waals surface area contributed by atoms with Crippen LogP contribution in [-0.4, -0.2) is 17.1 Å². The highest BCUT2D eigenvalue weighted by Crippen LogP contribution is 2.21. The van der Waals surface area contributed by atoms with E-state index in [1.807, 2.05) is 31.2 Å². The molecule has 0 aliphatic carbocycles. The van der Waals surface area contributed by atoms with E-state index in [2.05, 4.69) is 20.6 Å². The lowest BCUT2D eigenvalue weighted by Gasteiger charge is -2.12. The van der Waals surface area contributed by atoms with E-state index in [1.165, 1.54) is 12.1 Å². The van der Waals surface area contributed by atoms with E-state index in [1.54, 1.807) is 13.2 Å². The highest BCUT2D eigenvalue weighted by molar-refractivity contribution is 5.56. The molecular weight excluding hydrogens is 338 g/mol. The number of rotatable bonds is 6. The van der Waals surface area contributed by atoms with Gasteiger partial charge in [-0.2, -0.15) is 4.98 Å². The van der Waals surface area contributed by atoms with Crippen molar-refractivity contribution < 1.29 is 13.5 Å². The molecule has 2 N–H and O–H groups in total. The zero-order chi connectivity index (χ0) is 18.5. The molecule has 1 aromatic heterocycles. The van der Waals surface area contributed by atoms with Crippen LogP contribution < -0.4 is 15.4 Å². The molecule has 0 aliphatic rings. The molecule has 26 heavy (non-hydrogen) atoms. The Bertz CT molecular complexity index is 918. The summed E-state index contributed by atoms with van der Waals surface area (Å²) in [6.07, 6.45) is 0. The van der Waals surface area contributed by atoms with Crippen LogP contribution in [0, 0.1) is 18.6 Å². The van der Waals surface area contributed by atoms with Gasteiger partial charge in [-0.1, -0.05) is 18.2 Å². The second-order valence-electron chi connectivity index (χ2n) is 5.63. The van der Waals surface area contributed by atoms with Crippen molar-refractivity contribution in [3.8, 4) is 5.75 Å². The molecule has 0 saturated carbocycles. The molecule has 3 rings (SSSR count). The number of aromatic nitrogens is 2. The van der Waals surface area contributed by atoms with Gasteiger partial charge in [0, 0.05) is 29.9 Å². The Balaban J connectivity index is 1.77. The molecular formula is C19H18F2N4O. The molecule has 0 unspecified atom stereocenters. The minimum Gasteiger partial charge on any atom is -0.496 e. The van der Waals surface area contributed by atoms with Crippen molar-refractivity contribution in [2.75, 3.05) is 17.7 Å². The fourth-order valence-electron chi connectivity index (χ4n) is 2.46. The van der Waals surface area contributed by atoms with Crippen molar-refractivity contribution in [1.29, 1.82) is 0 Å². The van der Waals surface area contributed by atoms with Crippen LogP contribution in [0.2, 0.25) is 0 Å². The quantitative estimate of drug-likeness (QED) is 0.684. The van der Waals surface area contributed by atoms with Crippen molar-refractivity contribution >= 4 is 17.5 Å². The Kier molecular flexibility index (Phi) is 5.26. The number of para-hydroxylation sites is 1. The summed E-state index contributed by atoms with van der Waals surface area (Å²) in [5.41, 5.74) is 1.78. The van der Waals surface area contributed by atoms with E-state index in [0.29, 0.717) is 18.1 Å². The van der Waals surface area contributed by atoms with Crippen LogP contribution in [0.3, 0.4) is 0 Å². The number of anilines is 3. The molecule has 5 nitrogen and oxygen atoms in total. The minimum atomic E-state index is -0.710. The first kappa shape index (κ1) is 17.6. The molecule has 134 valence electrons. The van der Waals surface area contributed by atoms with E-state index in [9.17, 15) is 8.78 Å². The minimum absolute atomic E-state index is 0.104. The Labute approximate surface area is 150 Å². The number of nitrogens with one attached hydrogen (secondary N) is 2. The second kappa shape index (κ2) is 7.77. The Morgan fingerprint density at radius 2 is 1.85 bits per heavy atom. The standard InChI is InChI=1S/C19H18F2N4O/c1-12-9-18(22-11-13-5-3-4-6-17(13)26-2)25-19(23-12)24-16-8-7-14(20)10-15(16)21/h3-10H,11H2,1-2H3,(H2,22,23,24,25). The topological polar surface area (TPSA) is 59.1 Å². The smallest absolute Gasteiger partial charge is 0.229 e. The molecule has 0 fully saturated rings. The second-order valence-corrected chi connectivity index (χ2v) is 5.63. The van der Waals surface area contributed by atoms with Crippen molar-refractivity contribution in [2.45, 2.75) is 13.5 Å². The monoisotopic (exact) mass is 356 g/mol. The van der Waals surface area contributed by atoms with E-state index < -0.39 is 11.6 Å². The Morgan fingerprint density at radius 1 is 1.04 bits per heavy atom. The molecule has 0 atom stereocenters. The third-order valence-corrected chi connectivity index (χ3v) is 3.68. The summed E-state index contributed by atoms with van der Waals surface area (Å²) in [4.78, 5) is 8.56. The highest BCUT2D eigenvalue weighted by Gasteiger charge is 2.08. The Hall–Kier alpha value is -3.22. The zero-order valence-electron chi connectivity index (χ0n) is 14.4. The van der Waals surface area contributed by atoms with Crippen LogP contribution in [0.15, 0.2) is 48.5 Å². The zero-order valence-corrected chi connectivity index (χ0v) is 14.4. The van der Waals surface area contributed by atoms with Crippen LogP contribution in [0.25, 0.3) is 0 Å². The first-order valence-electron chi connectivity index (χ1n) is 7.98. The fraction of sp³-hybridized carbons (Fsp3) is 0.158. The maximum absolute atomic E-state index is 13.8. The number of hydrogen-bond donors (Lipinski definition) is 2. The van der Waals surface area contributed by atoms with E-state index in [0.717, 1.165) is 17.4 Å². The van der Waals surface area contributed by atoms with Gasteiger partial charge in [0.25, 0.3) is 0 Å². The third kappa shape index (κ3) is 4.24. The van der Waals surface area contributed by atoms with Gasteiger partial charge in [-0.3, -0.25) is 0 Å². The molecule has 0 radical (unpaired) electrons. The summed E-state index contributed by atoms with van der Waals surface area (Å²) in [5.74, 6) is 0.222. The van der Waals surface area contributed by atoms with Gasteiger partial charge in [-0.25, -0.2) is 13.8 Å². The van der Waals surface area contributed by atoms with Gasteiger partial charge in [0.15, 0.2) is 0 Å². The summed E-state index contributed by atoms with van der Waals surface area (Å²) >= 11 is 0. The van der Waals surface area contributed by atoms with Crippen molar-refractivity contribution in [1.82, 2.24) is 9.97 Å².